The Hall–Kier alpha value is -1.03. The average molecular weight is 239 g/mol. The van der Waals surface area contributed by atoms with Crippen molar-refractivity contribution >= 4 is 17.3 Å². The van der Waals surface area contributed by atoms with E-state index in [4.69, 9.17) is 0 Å². The van der Waals surface area contributed by atoms with E-state index in [9.17, 15) is 0 Å². The summed E-state index contributed by atoms with van der Waals surface area (Å²) < 4.78 is 0. The second kappa shape index (κ2) is 6.53. The minimum atomic E-state index is 0.403. The number of nitrogens with one attached hydrogen (secondary N) is 2. The summed E-state index contributed by atoms with van der Waals surface area (Å²) >= 11 is 1.86. The molecule has 0 atom stereocenters. The van der Waals surface area contributed by atoms with Crippen LogP contribution in [-0.4, -0.2) is 19.0 Å². The Bertz CT molecular complexity index is 342. The second-order valence-corrected chi connectivity index (χ2v) is 5.20. The number of aryl methyl sites for hydroxylation is 1. The predicted molar refractivity (Wildman–Crippen MR) is 72.2 cm³/mol. The predicted octanol–water partition coefficient (Wildman–Crippen LogP) is 2.38. The van der Waals surface area contributed by atoms with Gasteiger partial charge in [0.05, 0.1) is 6.54 Å². The molecule has 16 heavy (non-hydrogen) atoms. The van der Waals surface area contributed by atoms with Gasteiger partial charge in [0.2, 0.25) is 0 Å². The molecule has 0 bridgehead atoms. The van der Waals surface area contributed by atoms with Gasteiger partial charge in [-0.15, -0.1) is 11.3 Å². The maximum atomic E-state index is 4.17. The Labute approximate surface area is 102 Å². The molecule has 0 unspecified atom stereocenters. The van der Waals surface area contributed by atoms with Crippen molar-refractivity contribution in [1.29, 1.82) is 0 Å². The molecule has 0 aliphatic heterocycles. The number of guanidine groups is 1. The molecule has 0 amide bonds. The van der Waals surface area contributed by atoms with E-state index in [1.54, 1.807) is 7.05 Å². The number of hydrogen-bond donors (Lipinski definition) is 2. The minimum Gasteiger partial charge on any atom is -0.354 e. The van der Waals surface area contributed by atoms with Crippen LogP contribution in [0.25, 0.3) is 0 Å². The molecule has 0 aromatic carbocycles. The number of rotatable bonds is 4. The van der Waals surface area contributed by atoms with Crippen LogP contribution in [-0.2, 0) is 13.0 Å². The molecule has 0 fully saturated rings. The van der Waals surface area contributed by atoms with E-state index < -0.39 is 0 Å². The van der Waals surface area contributed by atoms with Gasteiger partial charge in [-0.2, -0.15) is 0 Å². The molecule has 4 heteroatoms. The first-order chi connectivity index (χ1) is 7.65. The summed E-state index contributed by atoms with van der Waals surface area (Å²) in [5, 5.41) is 6.57. The molecule has 0 radical (unpaired) electrons. The zero-order valence-electron chi connectivity index (χ0n) is 10.5. The van der Waals surface area contributed by atoms with Crippen molar-refractivity contribution in [3.63, 3.8) is 0 Å². The number of hydrogen-bond acceptors (Lipinski definition) is 2. The van der Waals surface area contributed by atoms with Gasteiger partial charge in [-0.1, -0.05) is 6.92 Å². The largest absolute Gasteiger partial charge is 0.354 e. The molecule has 1 aromatic heterocycles. The molecule has 3 nitrogen and oxygen atoms in total. The van der Waals surface area contributed by atoms with E-state index in [2.05, 4.69) is 48.5 Å². The first-order valence-electron chi connectivity index (χ1n) is 5.70. The third-order valence-corrected chi connectivity index (χ3v) is 3.37. The van der Waals surface area contributed by atoms with Crippen LogP contribution >= 0.6 is 11.3 Å². The lowest BCUT2D eigenvalue weighted by molar-refractivity contribution is 0.701. The van der Waals surface area contributed by atoms with E-state index in [-0.39, 0.29) is 0 Å². The molecule has 0 aliphatic rings. The van der Waals surface area contributed by atoms with Crippen molar-refractivity contribution in [3.8, 4) is 0 Å². The Morgan fingerprint density at radius 1 is 1.38 bits per heavy atom. The summed E-state index contributed by atoms with van der Waals surface area (Å²) in [5.74, 6) is 0.862. The van der Waals surface area contributed by atoms with Gasteiger partial charge >= 0.3 is 0 Å². The van der Waals surface area contributed by atoms with Crippen molar-refractivity contribution < 1.29 is 0 Å². The fourth-order valence-electron chi connectivity index (χ4n) is 1.35. The molecule has 0 aliphatic carbocycles. The topological polar surface area (TPSA) is 36.4 Å². The van der Waals surface area contributed by atoms with E-state index in [0.717, 1.165) is 18.9 Å². The second-order valence-electron chi connectivity index (χ2n) is 3.95. The lowest BCUT2D eigenvalue weighted by Crippen LogP contribution is -2.40. The third kappa shape index (κ3) is 4.23. The molecule has 0 spiro atoms. The van der Waals surface area contributed by atoms with E-state index in [1.165, 1.54) is 9.75 Å². The smallest absolute Gasteiger partial charge is 0.191 e. The number of nitrogens with zero attached hydrogens (tertiary/aromatic N) is 1. The zero-order valence-corrected chi connectivity index (χ0v) is 11.3. The van der Waals surface area contributed by atoms with Gasteiger partial charge in [-0.25, -0.2) is 0 Å². The highest BCUT2D eigenvalue weighted by Gasteiger charge is 2.02. The molecule has 1 aromatic rings. The van der Waals surface area contributed by atoms with Gasteiger partial charge in [-0.3, -0.25) is 4.99 Å². The fraction of sp³-hybridized carbons (Fsp3) is 0.583. The highest BCUT2D eigenvalue weighted by atomic mass is 32.1. The summed E-state index contributed by atoms with van der Waals surface area (Å²) in [6.45, 7) is 7.24. The van der Waals surface area contributed by atoms with E-state index >= 15 is 0 Å². The third-order valence-electron chi connectivity index (χ3n) is 2.14. The lowest BCUT2D eigenvalue weighted by Gasteiger charge is -2.13. The average Bonchev–Trinajstić information content (AvgIpc) is 2.71. The van der Waals surface area contributed by atoms with Crippen LogP contribution in [0.2, 0.25) is 0 Å². The maximum absolute atomic E-state index is 4.17. The van der Waals surface area contributed by atoms with Crippen LogP contribution in [0.1, 0.15) is 30.5 Å². The van der Waals surface area contributed by atoms with Gasteiger partial charge < -0.3 is 10.6 Å². The van der Waals surface area contributed by atoms with Gasteiger partial charge in [0, 0.05) is 22.8 Å². The summed E-state index contributed by atoms with van der Waals surface area (Å²) in [7, 11) is 1.80. The Morgan fingerprint density at radius 2 is 2.06 bits per heavy atom. The van der Waals surface area contributed by atoms with Gasteiger partial charge in [0.1, 0.15) is 0 Å². The SMILES string of the molecule is CCc1ccc(CNC(=NC)NC(C)C)s1. The molecular formula is C12H21N3S. The monoisotopic (exact) mass is 239 g/mol. The van der Waals surface area contributed by atoms with Crippen molar-refractivity contribution in [1.82, 2.24) is 10.6 Å². The molecule has 90 valence electrons. The standard InChI is InChI=1S/C12H21N3S/c1-5-10-6-7-11(16-10)8-14-12(13-4)15-9(2)3/h6-7,9H,5,8H2,1-4H3,(H2,13,14,15). The molecule has 1 rings (SSSR count). The Balaban J connectivity index is 2.43. The van der Waals surface area contributed by atoms with Crippen molar-refractivity contribution in [3.05, 3.63) is 21.9 Å². The Morgan fingerprint density at radius 3 is 2.56 bits per heavy atom. The zero-order chi connectivity index (χ0) is 12.0. The number of thiophene rings is 1. The molecule has 2 N–H and O–H groups in total. The first kappa shape index (κ1) is 13.0. The van der Waals surface area contributed by atoms with Crippen LogP contribution in [0.5, 0.6) is 0 Å². The van der Waals surface area contributed by atoms with Crippen LogP contribution in [0.15, 0.2) is 17.1 Å². The molecule has 0 saturated carbocycles. The Kier molecular flexibility index (Phi) is 5.32. The quantitative estimate of drug-likeness (QED) is 0.625. The first-order valence-corrected chi connectivity index (χ1v) is 6.52. The molecular weight excluding hydrogens is 218 g/mol. The summed E-state index contributed by atoms with van der Waals surface area (Å²) in [6, 6.07) is 4.78. The molecule has 0 saturated heterocycles. The van der Waals surface area contributed by atoms with Crippen molar-refractivity contribution in [2.45, 2.75) is 39.8 Å². The van der Waals surface area contributed by atoms with Crippen LogP contribution in [0.4, 0.5) is 0 Å². The fourth-order valence-corrected chi connectivity index (χ4v) is 2.24. The maximum Gasteiger partial charge on any atom is 0.191 e. The van der Waals surface area contributed by atoms with Gasteiger partial charge in [0.15, 0.2) is 5.96 Å². The van der Waals surface area contributed by atoms with Crippen molar-refractivity contribution in [2.24, 2.45) is 4.99 Å². The van der Waals surface area contributed by atoms with E-state index in [0.29, 0.717) is 6.04 Å². The minimum absolute atomic E-state index is 0.403. The van der Waals surface area contributed by atoms with Crippen LogP contribution in [0.3, 0.4) is 0 Å². The summed E-state index contributed by atoms with van der Waals surface area (Å²) in [5.41, 5.74) is 0. The normalized spacial score (nSPS) is 11.9. The van der Waals surface area contributed by atoms with Gasteiger partial charge in [-0.05, 0) is 32.4 Å². The number of aliphatic imine (C=N–C) groups is 1. The lowest BCUT2D eigenvalue weighted by atomic mass is 10.3. The highest BCUT2D eigenvalue weighted by Crippen LogP contribution is 2.16. The van der Waals surface area contributed by atoms with Crippen LogP contribution < -0.4 is 10.6 Å². The summed E-state index contributed by atoms with van der Waals surface area (Å²) in [4.78, 5) is 6.95. The van der Waals surface area contributed by atoms with Crippen molar-refractivity contribution in [2.75, 3.05) is 7.05 Å². The van der Waals surface area contributed by atoms with Gasteiger partial charge in [0.25, 0.3) is 0 Å². The van der Waals surface area contributed by atoms with E-state index in [1.807, 2.05) is 11.3 Å². The highest BCUT2D eigenvalue weighted by molar-refractivity contribution is 7.11. The molecule has 1 heterocycles. The van der Waals surface area contributed by atoms with Crippen LogP contribution in [0, 0.1) is 0 Å². The summed E-state index contributed by atoms with van der Waals surface area (Å²) in [6.07, 6.45) is 1.11.